The van der Waals surface area contributed by atoms with Crippen molar-refractivity contribution in [2.24, 2.45) is 0 Å². The Kier molecular flexibility index (Phi) is 5.04. The lowest BCUT2D eigenvalue weighted by Gasteiger charge is -2.32. The number of rotatable bonds is 4. The van der Waals surface area contributed by atoms with E-state index in [0.717, 1.165) is 11.3 Å². The quantitative estimate of drug-likeness (QED) is 0.913. The molecule has 0 bridgehead atoms. The van der Waals surface area contributed by atoms with E-state index >= 15 is 0 Å². The largest absolute Gasteiger partial charge is 0.395 e. The molecule has 1 aromatic rings. The first-order valence-electron chi connectivity index (χ1n) is 6.07. The van der Waals surface area contributed by atoms with Gasteiger partial charge < -0.3 is 5.11 Å². The maximum atomic E-state index is 12.2. The molecule has 2 rings (SSSR count). The highest BCUT2D eigenvalue weighted by Gasteiger charge is 2.30. The van der Waals surface area contributed by atoms with Crippen LogP contribution in [-0.4, -0.2) is 48.5 Å². The van der Waals surface area contributed by atoms with Crippen LogP contribution in [0.2, 0.25) is 0 Å². The zero-order valence-electron chi connectivity index (χ0n) is 10.5. The second-order valence-corrected chi connectivity index (χ2v) is 7.20. The molecule has 0 spiro atoms. The summed E-state index contributed by atoms with van der Waals surface area (Å²) in [4.78, 5) is 0. The molecule has 1 aliphatic heterocycles. The van der Waals surface area contributed by atoms with Crippen molar-refractivity contribution >= 4 is 27.9 Å². The topological polar surface area (TPSA) is 57.6 Å². The lowest BCUT2D eigenvalue weighted by molar-refractivity contribution is 0.203. The Hall–Kier alpha value is -0.820. The summed E-state index contributed by atoms with van der Waals surface area (Å²) >= 11 is 1.67. The normalized spacial score (nSPS) is 21.8. The summed E-state index contributed by atoms with van der Waals surface area (Å²) in [5.41, 5.74) is 0.845. The Morgan fingerprint density at radius 2 is 2.11 bits per heavy atom. The number of sulfonamides is 1. The van der Waals surface area contributed by atoms with E-state index in [4.69, 9.17) is 0 Å². The Bertz CT molecular complexity index is 528. The highest BCUT2D eigenvalue weighted by molar-refractivity contribution is 7.99. The minimum Gasteiger partial charge on any atom is -0.395 e. The van der Waals surface area contributed by atoms with E-state index in [2.05, 4.69) is 0 Å². The first kappa shape index (κ1) is 14.6. The standard InChI is InChI=1S/C13H17NO3S2/c15-10-13-11-18-8-7-14(13)19(16,17)9-6-12-4-2-1-3-5-12/h1-6,9,13,15H,7-8,10-11H2/b9-6+. The number of hydrogen-bond donors (Lipinski definition) is 1. The van der Waals surface area contributed by atoms with Crippen molar-refractivity contribution in [2.45, 2.75) is 6.04 Å². The van der Waals surface area contributed by atoms with Crippen molar-refractivity contribution in [3.05, 3.63) is 41.3 Å². The molecular weight excluding hydrogens is 282 g/mol. The molecular formula is C13H17NO3S2. The maximum absolute atomic E-state index is 12.2. The van der Waals surface area contributed by atoms with E-state index in [0.29, 0.717) is 12.3 Å². The highest BCUT2D eigenvalue weighted by Crippen LogP contribution is 2.20. The van der Waals surface area contributed by atoms with Crippen LogP contribution in [0.25, 0.3) is 6.08 Å². The van der Waals surface area contributed by atoms with Crippen LogP contribution in [0.4, 0.5) is 0 Å². The third-order valence-electron chi connectivity index (χ3n) is 2.94. The van der Waals surface area contributed by atoms with Gasteiger partial charge in [0.2, 0.25) is 10.0 Å². The van der Waals surface area contributed by atoms with E-state index in [1.54, 1.807) is 17.8 Å². The summed E-state index contributed by atoms with van der Waals surface area (Å²) in [5.74, 6) is 1.42. The van der Waals surface area contributed by atoms with Crippen molar-refractivity contribution in [3.8, 4) is 0 Å². The molecule has 0 amide bonds. The zero-order chi connectivity index (χ0) is 13.7. The van der Waals surface area contributed by atoms with Gasteiger partial charge in [0.25, 0.3) is 0 Å². The van der Waals surface area contributed by atoms with Crippen LogP contribution in [0.1, 0.15) is 5.56 Å². The lowest BCUT2D eigenvalue weighted by Crippen LogP contribution is -2.47. The van der Waals surface area contributed by atoms with E-state index in [1.165, 1.54) is 9.71 Å². The molecule has 0 radical (unpaired) electrons. The first-order valence-corrected chi connectivity index (χ1v) is 8.73. The first-order chi connectivity index (χ1) is 9.13. The summed E-state index contributed by atoms with van der Waals surface area (Å²) in [6.45, 7) is 0.322. The van der Waals surface area contributed by atoms with Crippen LogP contribution in [0, 0.1) is 0 Å². The third kappa shape index (κ3) is 3.82. The van der Waals surface area contributed by atoms with Gasteiger partial charge in [-0.2, -0.15) is 16.1 Å². The van der Waals surface area contributed by atoms with E-state index in [1.807, 2.05) is 30.3 Å². The summed E-state index contributed by atoms with van der Waals surface area (Å²) in [6.07, 6.45) is 1.59. The average molecular weight is 299 g/mol. The molecule has 1 heterocycles. The molecule has 6 heteroatoms. The minimum absolute atomic E-state index is 0.134. The summed E-state index contributed by atoms with van der Waals surface area (Å²) in [7, 11) is -3.46. The number of nitrogens with zero attached hydrogens (tertiary/aromatic N) is 1. The lowest BCUT2D eigenvalue weighted by atomic mass is 10.2. The molecule has 1 fully saturated rings. The molecule has 1 atom stereocenters. The molecule has 0 saturated carbocycles. The highest BCUT2D eigenvalue weighted by atomic mass is 32.2. The predicted molar refractivity (Wildman–Crippen MR) is 79.3 cm³/mol. The van der Waals surface area contributed by atoms with Crippen molar-refractivity contribution in [3.63, 3.8) is 0 Å². The zero-order valence-corrected chi connectivity index (χ0v) is 12.1. The van der Waals surface area contributed by atoms with Gasteiger partial charge in [0, 0.05) is 23.5 Å². The summed E-state index contributed by atoms with van der Waals surface area (Å²) < 4.78 is 25.9. The fourth-order valence-electron chi connectivity index (χ4n) is 1.93. The van der Waals surface area contributed by atoms with E-state index < -0.39 is 10.0 Å². The van der Waals surface area contributed by atoms with Gasteiger partial charge in [-0.05, 0) is 11.6 Å². The van der Waals surface area contributed by atoms with E-state index in [-0.39, 0.29) is 12.6 Å². The maximum Gasteiger partial charge on any atom is 0.236 e. The van der Waals surface area contributed by atoms with Crippen LogP contribution in [-0.2, 0) is 10.0 Å². The van der Waals surface area contributed by atoms with Crippen LogP contribution in [0.15, 0.2) is 35.7 Å². The Balaban J connectivity index is 2.15. The molecule has 1 unspecified atom stereocenters. The SMILES string of the molecule is O=S(=O)(/C=C/c1ccccc1)N1CCSCC1CO. The molecule has 1 aliphatic rings. The molecule has 1 N–H and O–H groups in total. The monoisotopic (exact) mass is 299 g/mol. The van der Waals surface area contributed by atoms with Crippen molar-refractivity contribution < 1.29 is 13.5 Å². The Morgan fingerprint density at radius 3 is 2.79 bits per heavy atom. The number of thioether (sulfide) groups is 1. The van der Waals surface area contributed by atoms with Gasteiger partial charge in [-0.3, -0.25) is 0 Å². The van der Waals surface area contributed by atoms with Crippen LogP contribution in [0.5, 0.6) is 0 Å². The number of aliphatic hydroxyl groups excluding tert-OH is 1. The molecule has 4 nitrogen and oxygen atoms in total. The molecule has 19 heavy (non-hydrogen) atoms. The van der Waals surface area contributed by atoms with E-state index in [9.17, 15) is 13.5 Å². The second-order valence-electron chi connectivity index (χ2n) is 4.28. The van der Waals surface area contributed by atoms with Crippen LogP contribution >= 0.6 is 11.8 Å². The second kappa shape index (κ2) is 6.56. The van der Waals surface area contributed by atoms with Crippen molar-refractivity contribution in [2.75, 3.05) is 24.7 Å². The van der Waals surface area contributed by atoms with Gasteiger partial charge >= 0.3 is 0 Å². The van der Waals surface area contributed by atoms with Gasteiger partial charge in [0.05, 0.1) is 12.6 Å². The van der Waals surface area contributed by atoms with Gasteiger partial charge in [-0.15, -0.1) is 0 Å². The number of hydrogen-bond acceptors (Lipinski definition) is 4. The number of benzene rings is 1. The minimum atomic E-state index is -3.46. The van der Waals surface area contributed by atoms with Gasteiger partial charge in [0.1, 0.15) is 0 Å². The van der Waals surface area contributed by atoms with Gasteiger partial charge in [-0.1, -0.05) is 30.3 Å². The van der Waals surface area contributed by atoms with Crippen molar-refractivity contribution in [1.29, 1.82) is 0 Å². The third-order valence-corrected chi connectivity index (χ3v) is 5.65. The Morgan fingerprint density at radius 1 is 1.37 bits per heavy atom. The van der Waals surface area contributed by atoms with Crippen molar-refractivity contribution in [1.82, 2.24) is 4.31 Å². The molecule has 0 aliphatic carbocycles. The molecule has 104 valence electrons. The summed E-state index contributed by atoms with van der Waals surface area (Å²) in [6, 6.07) is 8.99. The molecule has 0 aromatic heterocycles. The fourth-order valence-corrected chi connectivity index (χ4v) is 4.57. The number of aliphatic hydroxyl groups is 1. The average Bonchev–Trinajstić information content (AvgIpc) is 2.46. The van der Waals surface area contributed by atoms with Gasteiger partial charge in [0.15, 0.2) is 0 Å². The summed E-state index contributed by atoms with van der Waals surface area (Å²) in [5, 5.41) is 10.5. The predicted octanol–water partition coefficient (Wildman–Crippen LogP) is 1.40. The molecule has 1 saturated heterocycles. The van der Waals surface area contributed by atoms with Crippen LogP contribution in [0.3, 0.4) is 0 Å². The smallest absolute Gasteiger partial charge is 0.236 e. The molecule has 1 aromatic carbocycles. The van der Waals surface area contributed by atoms with Gasteiger partial charge in [-0.25, -0.2) is 8.42 Å². The van der Waals surface area contributed by atoms with Crippen LogP contribution < -0.4 is 0 Å². The fraction of sp³-hybridized carbons (Fsp3) is 0.385. The Labute approximate surface area is 118 Å².